The van der Waals surface area contributed by atoms with E-state index >= 15 is 0 Å². The maximum atomic E-state index is 10.1. The highest BCUT2D eigenvalue weighted by atomic mass is 16.6. The van der Waals surface area contributed by atoms with E-state index in [1.54, 1.807) is 0 Å². The summed E-state index contributed by atoms with van der Waals surface area (Å²) in [5, 5.41) is 28.6. The molecule has 0 unspecified atom stereocenters. The third-order valence-electron chi connectivity index (χ3n) is 5.72. The average molecular weight is 415 g/mol. The van der Waals surface area contributed by atoms with E-state index in [1.165, 1.54) is 77.0 Å². The third-order valence-corrected chi connectivity index (χ3v) is 5.72. The SMILES string of the molecule is CCCCCC/C=C/CCCCCCCCCCO[C@H]1CO[C@H]([C@H](O)CO)[C@@H]1O. The Hall–Kier alpha value is -0.460. The van der Waals surface area contributed by atoms with Crippen LogP contribution in [0, 0.1) is 0 Å². The first-order valence-corrected chi connectivity index (χ1v) is 12.1. The zero-order valence-electron chi connectivity index (χ0n) is 18.6. The van der Waals surface area contributed by atoms with Crippen LogP contribution in [-0.4, -0.2) is 59.6 Å². The molecule has 0 aromatic carbocycles. The molecule has 1 aliphatic rings. The van der Waals surface area contributed by atoms with Crippen molar-refractivity contribution in [2.45, 2.75) is 121 Å². The Bertz CT molecular complexity index is 387. The highest BCUT2D eigenvalue weighted by Crippen LogP contribution is 2.20. The van der Waals surface area contributed by atoms with Gasteiger partial charge < -0.3 is 24.8 Å². The van der Waals surface area contributed by atoms with Crippen molar-refractivity contribution < 1.29 is 24.8 Å². The molecule has 1 rings (SSSR count). The highest BCUT2D eigenvalue weighted by Gasteiger charge is 2.40. The van der Waals surface area contributed by atoms with Crippen LogP contribution < -0.4 is 0 Å². The third kappa shape index (κ3) is 12.7. The van der Waals surface area contributed by atoms with Crippen molar-refractivity contribution in [3.05, 3.63) is 12.2 Å². The van der Waals surface area contributed by atoms with E-state index in [0.29, 0.717) is 6.61 Å². The molecular formula is C24H46O5. The predicted octanol–water partition coefficient (Wildman–Crippen LogP) is 4.52. The van der Waals surface area contributed by atoms with Crippen molar-refractivity contribution in [3.8, 4) is 0 Å². The number of hydrogen-bond acceptors (Lipinski definition) is 5. The number of rotatable bonds is 19. The van der Waals surface area contributed by atoms with Crippen molar-refractivity contribution in [3.63, 3.8) is 0 Å². The van der Waals surface area contributed by atoms with Crippen molar-refractivity contribution >= 4 is 0 Å². The molecule has 0 amide bonds. The number of aliphatic hydroxyl groups is 3. The molecule has 5 heteroatoms. The van der Waals surface area contributed by atoms with Crippen molar-refractivity contribution in [2.75, 3.05) is 19.8 Å². The average Bonchev–Trinajstić information content (AvgIpc) is 3.10. The van der Waals surface area contributed by atoms with Crippen molar-refractivity contribution in [2.24, 2.45) is 0 Å². The summed E-state index contributed by atoms with van der Waals surface area (Å²) < 4.78 is 11.0. The van der Waals surface area contributed by atoms with Crippen LogP contribution in [0.5, 0.6) is 0 Å². The molecule has 3 N–H and O–H groups in total. The van der Waals surface area contributed by atoms with Gasteiger partial charge in [-0.05, 0) is 32.1 Å². The van der Waals surface area contributed by atoms with Gasteiger partial charge in [-0.25, -0.2) is 0 Å². The summed E-state index contributed by atoms with van der Waals surface area (Å²) in [5.41, 5.74) is 0. The largest absolute Gasteiger partial charge is 0.394 e. The Balaban J connectivity index is 1.82. The molecule has 29 heavy (non-hydrogen) atoms. The molecule has 0 aromatic rings. The number of ether oxygens (including phenoxy) is 2. The quantitative estimate of drug-likeness (QED) is 0.214. The number of aliphatic hydroxyl groups excluding tert-OH is 3. The van der Waals surface area contributed by atoms with Gasteiger partial charge in [0.25, 0.3) is 0 Å². The van der Waals surface area contributed by atoms with Gasteiger partial charge >= 0.3 is 0 Å². The highest BCUT2D eigenvalue weighted by molar-refractivity contribution is 4.88. The Morgan fingerprint density at radius 2 is 1.45 bits per heavy atom. The minimum atomic E-state index is -1.05. The smallest absolute Gasteiger partial charge is 0.114 e. The van der Waals surface area contributed by atoms with Crippen molar-refractivity contribution in [1.29, 1.82) is 0 Å². The van der Waals surface area contributed by atoms with Crippen LogP contribution in [0.1, 0.15) is 96.8 Å². The standard InChI is InChI=1S/C24H46O5/c1-2-3-4-5-6-7-8-9-10-11-12-13-14-15-16-17-18-28-22-20-29-24(23(22)27)21(26)19-25/h7-8,21-27H,2-6,9-20H2,1H3/b8-7+/t21-,22+,23-,24-/m1/s1. The van der Waals surface area contributed by atoms with Gasteiger partial charge in [-0.3, -0.25) is 0 Å². The summed E-state index contributed by atoms with van der Waals surface area (Å²) in [4.78, 5) is 0. The normalized spacial score (nSPS) is 23.2. The molecule has 0 aliphatic carbocycles. The van der Waals surface area contributed by atoms with Crippen LogP contribution >= 0.6 is 0 Å². The zero-order chi connectivity index (χ0) is 21.2. The Kier molecular flexibility index (Phi) is 16.8. The lowest BCUT2D eigenvalue weighted by Crippen LogP contribution is -2.41. The monoisotopic (exact) mass is 414 g/mol. The van der Waals surface area contributed by atoms with Crippen LogP contribution in [-0.2, 0) is 9.47 Å². The molecule has 4 atom stereocenters. The van der Waals surface area contributed by atoms with Crippen LogP contribution in [0.3, 0.4) is 0 Å². The summed E-state index contributed by atoms with van der Waals surface area (Å²) in [5.74, 6) is 0. The van der Waals surface area contributed by atoms with Crippen molar-refractivity contribution in [1.82, 2.24) is 0 Å². The molecule has 0 spiro atoms. The second-order valence-electron chi connectivity index (χ2n) is 8.39. The van der Waals surface area contributed by atoms with Crippen LogP contribution in [0.2, 0.25) is 0 Å². The van der Waals surface area contributed by atoms with E-state index in [9.17, 15) is 10.2 Å². The van der Waals surface area contributed by atoms with E-state index in [-0.39, 0.29) is 6.61 Å². The van der Waals surface area contributed by atoms with Gasteiger partial charge in [0.05, 0.1) is 13.2 Å². The van der Waals surface area contributed by atoms with Crippen LogP contribution in [0.25, 0.3) is 0 Å². The predicted molar refractivity (Wildman–Crippen MR) is 118 cm³/mol. The second-order valence-corrected chi connectivity index (χ2v) is 8.39. The topological polar surface area (TPSA) is 79.2 Å². The van der Waals surface area contributed by atoms with Gasteiger partial charge in [0.1, 0.15) is 24.4 Å². The van der Waals surface area contributed by atoms with E-state index in [2.05, 4.69) is 19.1 Å². The van der Waals surface area contributed by atoms with E-state index in [1.807, 2.05) is 0 Å². The Morgan fingerprint density at radius 1 is 0.897 bits per heavy atom. The first-order chi connectivity index (χ1) is 14.2. The van der Waals surface area contributed by atoms with Gasteiger partial charge in [0.2, 0.25) is 0 Å². The van der Waals surface area contributed by atoms with Gasteiger partial charge in [-0.15, -0.1) is 0 Å². The molecule has 0 aromatic heterocycles. The fraction of sp³-hybridized carbons (Fsp3) is 0.917. The minimum absolute atomic E-state index is 0.275. The number of unbranched alkanes of at least 4 members (excludes halogenated alkanes) is 12. The second kappa shape index (κ2) is 18.3. The maximum Gasteiger partial charge on any atom is 0.114 e. The van der Waals surface area contributed by atoms with Gasteiger partial charge in [-0.1, -0.05) is 76.9 Å². The summed E-state index contributed by atoms with van der Waals surface area (Å²) in [6.45, 7) is 2.73. The molecule has 0 radical (unpaired) electrons. The minimum Gasteiger partial charge on any atom is -0.394 e. The van der Waals surface area contributed by atoms with Gasteiger partial charge in [-0.2, -0.15) is 0 Å². The molecule has 5 nitrogen and oxygen atoms in total. The van der Waals surface area contributed by atoms with Gasteiger partial charge in [0.15, 0.2) is 0 Å². The van der Waals surface area contributed by atoms with Crippen LogP contribution in [0.4, 0.5) is 0 Å². The molecule has 172 valence electrons. The molecule has 0 bridgehead atoms. The lowest BCUT2D eigenvalue weighted by atomic mass is 10.1. The molecular weight excluding hydrogens is 368 g/mol. The van der Waals surface area contributed by atoms with E-state index in [4.69, 9.17) is 14.6 Å². The summed E-state index contributed by atoms with van der Waals surface area (Å²) >= 11 is 0. The summed E-state index contributed by atoms with van der Waals surface area (Å²) in [7, 11) is 0. The fourth-order valence-corrected chi connectivity index (χ4v) is 3.79. The van der Waals surface area contributed by atoms with Gasteiger partial charge in [0, 0.05) is 6.61 Å². The first-order valence-electron chi connectivity index (χ1n) is 12.1. The van der Waals surface area contributed by atoms with Crippen LogP contribution in [0.15, 0.2) is 12.2 Å². The Morgan fingerprint density at radius 3 is 2.03 bits per heavy atom. The molecule has 1 saturated heterocycles. The van der Waals surface area contributed by atoms with E-state index in [0.717, 1.165) is 12.8 Å². The summed E-state index contributed by atoms with van der Waals surface area (Å²) in [6, 6.07) is 0. The van der Waals surface area contributed by atoms with E-state index < -0.39 is 31.0 Å². The zero-order valence-corrected chi connectivity index (χ0v) is 18.6. The number of hydrogen-bond donors (Lipinski definition) is 3. The lowest BCUT2D eigenvalue weighted by Gasteiger charge is -2.20. The lowest BCUT2D eigenvalue weighted by molar-refractivity contribution is -0.0730. The molecule has 1 aliphatic heterocycles. The Labute approximate surface area is 178 Å². The number of allylic oxidation sites excluding steroid dienone is 2. The molecule has 0 saturated carbocycles. The summed E-state index contributed by atoms with van der Waals surface area (Å²) in [6.07, 6.45) is 19.5. The molecule has 1 fully saturated rings. The maximum absolute atomic E-state index is 10.1. The first kappa shape index (κ1) is 26.6. The fourth-order valence-electron chi connectivity index (χ4n) is 3.79. The molecule has 1 heterocycles.